The van der Waals surface area contributed by atoms with Gasteiger partial charge in [0.2, 0.25) is 11.8 Å². The van der Waals surface area contributed by atoms with E-state index in [-0.39, 0.29) is 17.7 Å². The molecule has 1 N–H and O–H groups in total. The number of aromatic amines is 1. The molecule has 0 saturated carbocycles. The summed E-state index contributed by atoms with van der Waals surface area (Å²) in [5.74, 6) is 1.21. The third-order valence-electron chi connectivity index (χ3n) is 4.79. The van der Waals surface area contributed by atoms with Crippen molar-refractivity contribution in [2.24, 2.45) is 5.92 Å². The monoisotopic (exact) mass is 328 g/mol. The number of nitrogens with zero attached hydrogens (tertiary/aromatic N) is 3. The van der Waals surface area contributed by atoms with Crippen LogP contribution in [0.1, 0.15) is 25.6 Å². The normalized spacial score (nSPS) is 15.7. The zero-order valence-corrected chi connectivity index (χ0v) is 14.3. The van der Waals surface area contributed by atoms with Gasteiger partial charge in [-0.2, -0.15) is 0 Å². The maximum Gasteiger partial charge on any atom is 0.225 e. The number of carbonyl (C=O) groups excluding carboxylic acids is 2. The molecule has 6 heteroatoms. The Morgan fingerprint density at radius 3 is 2.67 bits per heavy atom. The molecule has 2 amide bonds. The summed E-state index contributed by atoms with van der Waals surface area (Å²) in [6.07, 6.45) is 2.23. The molecule has 6 nitrogen and oxygen atoms in total. The van der Waals surface area contributed by atoms with E-state index < -0.39 is 0 Å². The smallest absolute Gasteiger partial charge is 0.225 e. The van der Waals surface area contributed by atoms with Gasteiger partial charge in [-0.1, -0.05) is 12.1 Å². The van der Waals surface area contributed by atoms with Crippen molar-refractivity contribution in [3.8, 4) is 0 Å². The average molecular weight is 328 g/mol. The Labute approximate surface area is 141 Å². The number of hydrogen-bond acceptors (Lipinski definition) is 3. The lowest BCUT2D eigenvalue weighted by atomic mass is 9.95. The Kier molecular flexibility index (Phi) is 4.83. The molecule has 0 spiro atoms. The van der Waals surface area contributed by atoms with Crippen molar-refractivity contribution in [1.82, 2.24) is 19.8 Å². The lowest BCUT2D eigenvalue weighted by Crippen LogP contribution is -2.43. The lowest BCUT2D eigenvalue weighted by molar-refractivity contribution is -0.139. The first kappa shape index (κ1) is 16.5. The number of para-hydroxylation sites is 2. The maximum atomic E-state index is 12.6. The predicted octanol–water partition coefficient (Wildman–Crippen LogP) is 1.82. The molecule has 3 rings (SSSR count). The molecule has 2 aromatic rings. The van der Waals surface area contributed by atoms with Crippen LogP contribution in [0.4, 0.5) is 0 Å². The molecule has 0 atom stereocenters. The summed E-state index contributed by atoms with van der Waals surface area (Å²) in [5.41, 5.74) is 1.98. The number of likely N-dealkylation sites (N-methyl/N-ethyl adjacent to an activating group) is 1. The van der Waals surface area contributed by atoms with Crippen LogP contribution < -0.4 is 0 Å². The van der Waals surface area contributed by atoms with Gasteiger partial charge >= 0.3 is 0 Å². The lowest BCUT2D eigenvalue weighted by Gasteiger charge is -2.32. The quantitative estimate of drug-likeness (QED) is 0.931. The van der Waals surface area contributed by atoms with Gasteiger partial charge in [0.15, 0.2) is 0 Å². The SMILES string of the molecule is CC(=O)N1CCC(C(=O)N(C)CCc2nc3ccccc3[nH]2)CC1. The van der Waals surface area contributed by atoms with E-state index in [2.05, 4.69) is 9.97 Å². The fourth-order valence-corrected chi connectivity index (χ4v) is 3.26. The van der Waals surface area contributed by atoms with E-state index in [0.29, 0.717) is 26.1 Å². The van der Waals surface area contributed by atoms with Crippen LogP contribution in [-0.2, 0) is 16.0 Å². The summed E-state index contributed by atoms with van der Waals surface area (Å²) in [6.45, 7) is 3.60. The Morgan fingerprint density at radius 1 is 1.29 bits per heavy atom. The van der Waals surface area contributed by atoms with Crippen molar-refractivity contribution in [2.75, 3.05) is 26.7 Å². The fraction of sp³-hybridized carbons (Fsp3) is 0.500. The molecule has 2 heterocycles. The molecule has 1 saturated heterocycles. The second-order valence-electron chi connectivity index (χ2n) is 6.49. The van der Waals surface area contributed by atoms with Crippen LogP contribution in [0.2, 0.25) is 0 Å². The van der Waals surface area contributed by atoms with Crippen LogP contribution in [0, 0.1) is 5.92 Å². The first-order chi connectivity index (χ1) is 11.5. The summed E-state index contributed by atoms with van der Waals surface area (Å²) in [4.78, 5) is 35.4. The van der Waals surface area contributed by atoms with Gasteiger partial charge in [-0.3, -0.25) is 9.59 Å². The van der Waals surface area contributed by atoms with Gasteiger partial charge in [-0.05, 0) is 25.0 Å². The Balaban J connectivity index is 1.52. The highest BCUT2D eigenvalue weighted by atomic mass is 16.2. The van der Waals surface area contributed by atoms with E-state index >= 15 is 0 Å². The molecule has 1 aliphatic heterocycles. The molecular weight excluding hydrogens is 304 g/mol. The van der Waals surface area contributed by atoms with Crippen LogP contribution >= 0.6 is 0 Å². The Hall–Kier alpha value is -2.37. The number of carbonyl (C=O) groups is 2. The summed E-state index contributed by atoms with van der Waals surface area (Å²) in [6, 6.07) is 7.93. The van der Waals surface area contributed by atoms with Crippen LogP contribution in [0.25, 0.3) is 11.0 Å². The summed E-state index contributed by atoms with van der Waals surface area (Å²) >= 11 is 0. The summed E-state index contributed by atoms with van der Waals surface area (Å²) in [7, 11) is 1.85. The second-order valence-corrected chi connectivity index (χ2v) is 6.49. The van der Waals surface area contributed by atoms with Crippen molar-refractivity contribution < 1.29 is 9.59 Å². The highest BCUT2D eigenvalue weighted by molar-refractivity contribution is 5.79. The van der Waals surface area contributed by atoms with Gasteiger partial charge in [0, 0.05) is 45.9 Å². The minimum atomic E-state index is 0.0290. The molecule has 1 aromatic carbocycles. The standard InChI is InChI=1S/C18H24N4O2/c1-13(23)22-11-7-14(8-12-22)18(24)21(2)10-9-17-19-15-5-3-4-6-16(15)20-17/h3-6,14H,7-12H2,1-2H3,(H,19,20). The molecule has 0 aliphatic carbocycles. The van der Waals surface area contributed by atoms with E-state index in [1.807, 2.05) is 36.2 Å². The largest absolute Gasteiger partial charge is 0.345 e. The zero-order valence-electron chi connectivity index (χ0n) is 14.3. The van der Waals surface area contributed by atoms with Crippen LogP contribution in [-0.4, -0.2) is 58.3 Å². The number of hydrogen-bond donors (Lipinski definition) is 1. The molecule has 128 valence electrons. The topological polar surface area (TPSA) is 69.3 Å². The molecule has 1 aliphatic rings. The number of H-pyrrole nitrogens is 1. The number of nitrogens with one attached hydrogen (secondary N) is 1. The highest BCUT2D eigenvalue weighted by Crippen LogP contribution is 2.19. The van der Waals surface area contributed by atoms with Crippen molar-refractivity contribution in [3.05, 3.63) is 30.1 Å². The minimum absolute atomic E-state index is 0.0290. The van der Waals surface area contributed by atoms with E-state index in [0.717, 1.165) is 29.7 Å². The molecule has 0 radical (unpaired) electrons. The molecule has 0 bridgehead atoms. The van der Waals surface area contributed by atoms with Gasteiger partial charge in [0.05, 0.1) is 11.0 Å². The number of rotatable bonds is 4. The minimum Gasteiger partial charge on any atom is -0.345 e. The van der Waals surface area contributed by atoms with Gasteiger partial charge in [0.25, 0.3) is 0 Å². The zero-order chi connectivity index (χ0) is 17.1. The van der Waals surface area contributed by atoms with Gasteiger partial charge in [-0.25, -0.2) is 4.98 Å². The van der Waals surface area contributed by atoms with Crippen molar-refractivity contribution in [1.29, 1.82) is 0 Å². The van der Waals surface area contributed by atoms with Crippen molar-refractivity contribution >= 4 is 22.8 Å². The van der Waals surface area contributed by atoms with E-state index in [9.17, 15) is 9.59 Å². The fourth-order valence-electron chi connectivity index (χ4n) is 3.26. The van der Waals surface area contributed by atoms with E-state index in [1.54, 1.807) is 11.8 Å². The van der Waals surface area contributed by atoms with Crippen LogP contribution in [0.3, 0.4) is 0 Å². The molecule has 0 unspecified atom stereocenters. The van der Waals surface area contributed by atoms with Crippen LogP contribution in [0.5, 0.6) is 0 Å². The Morgan fingerprint density at radius 2 is 2.00 bits per heavy atom. The third kappa shape index (κ3) is 3.58. The molecule has 24 heavy (non-hydrogen) atoms. The molecule has 1 fully saturated rings. The Bertz CT molecular complexity index is 698. The number of piperidine rings is 1. The predicted molar refractivity (Wildman–Crippen MR) is 92.4 cm³/mol. The van der Waals surface area contributed by atoms with Crippen molar-refractivity contribution in [2.45, 2.75) is 26.2 Å². The number of likely N-dealkylation sites (tertiary alicyclic amines) is 1. The molecule has 1 aromatic heterocycles. The number of amides is 2. The molecular formula is C18H24N4O2. The van der Waals surface area contributed by atoms with Gasteiger partial charge in [-0.15, -0.1) is 0 Å². The first-order valence-corrected chi connectivity index (χ1v) is 8.48. The van der Waals surface area contributed by atoms with Crippen molar-refractivity contribution in [3.63, 3.8) is 0 Å². The highest BCUT2D eigenvalue weighted by Gasteiger charge is 2.27. The summed E-state index contributed by atoms with van der Waals surface area (Å²) in [5, 5.41) is 0. The second kappa shape index (κ2) is 7.03. The van der Waals surface area contributed by atoms with Gasteiger partial charge in [0.1, 0.15) is 5.82 Å². The first-order valence-electron chi connectivity index (χ1n) is 8.48. The van der Waals surface area contributed by atoms with Crippen LogP contribution in [0.15, 0.2) is 24.3 Å². The number of benzene rings is 1. The average Bonchev–Trinajstić information content (AvgIpc) is 3.02. The summed E-state index contributed by atoms with van der Waals surface area (Å²) < 4.78 is 0. The number of imidazole rings is 1. The number of aromatic nitrogens is 2. The third-order valence-corrected chi connectivity index (χ3v) is 4.79. The van der Waals surface area contributed by atoms with E-state index in [4.69, 9.17) is 0 Å². The maximum absolute atomic E-state index is 12.6. The van der Waals surface area contributed by atoms with Gasteiger partial charge < -0.3 is 14.8 Å². The number of fused-ring (bicyclic) bond motifs is 1. The van der Waals surface area contributed by atoms with E-state index in [1.165, 1.54) is 0 Å².